The zero-order chi connectivity index (χ0) is 19.7. The van der Waals surface area contributed by atoms with Crippen LogP contribution in [0.5, 0.6) is 0 Å². The number of halogens is 3. The van der Waals surface area contributed by atoms with Crippen molar-refractivity contribution in [1.82, 2.24) is 4.98 Å². The smallest absolute Gasteiger partial charge is 0.369 e. The topological polar surface area (TPSA) is 85.1 Å². The molecule has 0 radical (unpaired) electrons. The van der Waals surface area contributed by atoms with Gasteiger partial charge in [0.05, 0.1) is 23.1 Å². The number of hydrogen-bond donors (Lipinski definition) is 2. The summed E-state index contributed by atoms with van der Waals surface area (Å²) in [4.78, 5) is 28.1. The molecule has 0 aliphatic heterocycles. The standard InChI is InChI=1S/C18H18F3N3O2S/c19-18(20,21)12-5-3-4-11(8-12)17(6-1-2-7-17)15(26)24-16-23-13(10-27-16)9-14(22)25/h3-5,8,10H,1-2,6-7,9H2,(H2,22,25)(H,23,24,26). The van der Waals surface area contributed by atoms with Crippen LogP contribution in [0.1, 0.15) is 42.5 Å². The second-order valence-corrected chi connectivity index (χ2v) is 7.47. The molecule has 0 spiro atoms. The highest BCUT2D eigenvalue weighted by Gasteiger charge is 2.44. The van der Waals surface area contributed by atoms with Crippen LogP contribution in [0.4, 0.5) is 18.3 Å². The number of anilines is 1. The molecule has 0 bridgehead atoms. The van der Waals surface area contributed by atoms with Crippen molar-refractivity contribution < 1.29 is 22.8 Å². The summed E-state index contributed by atoms with van der Waals surface area (Å²) in [6.07, 6.45) is -2.04. The van der Waals surface area contributed by atoms with E-state index in [9.17, 15) is 22.8 Å². The number of aromatic nitrogens is 1. The molecule has 1 aliphatic carbocycles. The number of primary amides is 1. The van der Waals surface area contributed by atoms with E-state index in [-0.39, 0.29) is 12.3 Å². The molecule has 2 aromatic rings. The van der Waals surface area contributed by atoms with Gasteiger partial charge in [0.25, 0.3) is 0 Å². The predicted molar refractivity (Wildman–Crippen MR) is 95.2 cm³/mol. The molecule has 0 atom stereocenters. The molecule has 1 aromatic carbocycles. The van der Waals surface area contributed by atoms with Crippen molar-refractivity contribution in [2.24, 2.45) is 5.73 Å². The average molecular weight is 397 g/mol. The highest BCUT2D eigenvalue weighted by atomic mass is 32.1. The molecule has 144 valence electrons. The molecule has 0 saturated heterocycles. The third-order valence-electron chi connectivity index (χ3n) is 4.76. The predicted octanol–water partition coefficient (Wildman–Crippen LogP) is 3.64. The molecule has 27 heavy (non-hydrogen) atoms. The van der Waals surface area contributed by atoms with E-state index in [1.807, 2.05) is 0 Å². The highest BCUT2D eigenvalue weighted by molar-refractivity contribution is 7.14. The summed E-state index contributed by atoms with van der Waals surface area (Å²) >= 11 is 1.15. The fraction of sp³-hybridized carbons (Fsp3) is 0.389. The van der Waals surface area contributed by atoms with E-state index in [2.05, 4.69) is 10.3 Å². The third-order valence-corrected chi connectivity index (χ3v) is 5.57. The Morgan fingerprint density at radius 2 is 1.96 bits per heavy atom. The lowest BCUT2D eigenvalue weighted by Crippen LogP contribution is -2.38. The van der Waals surface area contributed by atoms with Crippen LogP contribution in [0.25, 0.3) is 0 Å². The molecule has 2 amide bonds. The van der Waals surface area contributed by atoms with E-state index in [1.165, 1.54) is 6.07 Å². The molecule has 1 aromatic heterocycles. The van der Waals surface area contributed by atoms with Gasteiger partial charge in [0.1, 0.15) is 0 Å². The monoisotopic (exact) mass is 397 g/mol. The van der Waals surface area contributed by atoms with Crippen molar-refractivity contribution in [3.63, 3.8) is 0 Å². The fourth-order valence-electron chi connectivity index (χ4n) is 3.46. The zero-order valence-corrected chi connectivity index (χ0v) is 15.1. The number of alkyl halides is 3. The number of carbonyl (C=O) groups is 2. The number of nitrogens with zero attached hydrogens (tertiary/aromatic N) is 1. The van der Waals surface area contributed by atoms with Gasteiger partial charge in [-0.1, -0.05) is 31.0 Å². The maximum Gasteiger partial charge on any atom is 0.416 e. The van der Waals surface area contributed by atoms with Crippen molar-refractivity contribution in [3.05, 3.63) is 46.5 Å². The first kappa shape index (κ1) is 19.3. The number of benzene rings is 1. The van der Waals surface area contributed by atoms with Gasteiger partial charge in [0, 0.05) is 5.38 Å². The number of thiazole rings is 1. The minimum absolute atomic E-state index is 0.0366. The average Bonchev–Trinajstić information content (AvgIpc) is 3.24. The summed E-state index contributed by atoms with van der Waals surface area (Å²) < 4.78 is 39.3. The van der Waals surface area contributed by atoms with Crippen LogP contribution < -0.4 is 11.1 Å². The van der Waals surface area contributed by atoms with Gasteiger partial charge < -0.3 is 11.1 Å². The second-order valence-electron chi connectivity index (χ2n) is 6.61. The Bertz CT molecular complexity index is 858. The second kappa shape index (κ2) is 7.30. The Labute approximate surface area is 157 Å². The van der Waals surface area contributed by atoms with Crippen LogP contribution in [0.2, 0.25) is 0 Å². The molecular formula is C18H18F3N3O2S. The maximum absolute atomic E-state index is 13.1. The fourth-order valence-corrected chi connectivity index (χ4v) is 4.16. The summed E-state index contributed by atoms with van der Waals surface area (Å²) in [6, 6.07) is 4.96. The van der Waals surface area contributed by atoms with Gasteiger partial charge >= 0.3 is 6.18 Å². The molecule has 5 nitrogen and oxygen atoms in total. The Morgan fingerprint density at radius 3 is 2.59 bits per heavy atom. The van der Waals surface area contributed by atoms with Crippen LogP contribution >= 0.6 is 11.3 Å². The maximum atomic E-state index is 13.1. The lowest BCUT2D eigenvalue weighted by molar-refractivity contribution is -0.137. The van der Waals surface area contributed by atoms with Gasteiger partial charge in [0.15, 0.2) is 5.13 Å². The number of rotatable bonds is 5. The number of nitrogens with two attached hydrogens (primary N) is 1. The van der Waals surface area contributed by atoms with Crippen molar-refractivity contribution >= 4 is 28.3 Å². The van der Waals surface area contributed by atoms with Crippen LogP contribution in [-0.4, -0.2) is 16.8 Å². The normalized spacial score (nSPS) is 16.3. The van der Waals surface area contributed by atoms with Crippen molar-refractivity contribution in [2.75, 3.05) is 5.32 Å². The minimum Gasteiger partial charge on any atom is -0.369 e. The molecule has 1 aliphatic rings. The molecule has 1 fully saturated rings. The zero-order valence-electron chi connectivity index (χ0n) is 14.3. The van der Waals surface area contributed by atoms with Crippen LogP contribution in [0.3, 0.4) is 0 Å². The van der Waals surface area contributed by atoms with Crippen molar-refractivity contribution in [1.29, 1.82) is 0 Å². The summed E-state index contributed by atoms with van der Waals surface area (Å²) in [7, 11) is 0. The first-order valence-electron chi connectivity index (χ1n) is 8.43. The SMILES string of the molecule is NC(=O)Cc1csc(NC(=O)C2(c3cccc(C(F)(F)F)c3)CCCC2)n1. The van der Waals surface area contributed by atoms with Crippen molar-refractivity contribution in [2.45, 2.75) is 43.7 Å². The van der Waals surface area contributed by atoms with Gasteiger partial charge in [0.2, 0.25) is 11.8 Å². The molecule has 3 N–H and O–H groups in total. The summed E-state index contributed by atoms with van der Waals surface area (Å²) in [5.74, 6) is -0.909. The van der Waals surface area contributed by atoms with Crippen LogP contribution in [0.15, 0.2) is 29.6 Å². The Balaban J connectivity index is 1.87. The van der Waals surface area contributed by atoms with Gasteiger partial charge in [-0.3, -0.25) is 9.59 Å². The number of amides is 2. The molecule has 1 saturated carbocycles. The minimum atomic E-state index is -4.47. The van der Waals surface area contributed by atoms with E-state index in [1.54, 1.807) is 11.4 Å². The Kier molecular flexibility index (Phi) is 5.23. The number of hydrogen-bond acceptors (Lipinski definition) is 4. The molecule has 3 rings (SSSR count). The third kappa shape index (κ3) is 4.13. The van der Waals surface area contributed by atoms with E-state index in [0.717, 1.165) is 36.3 Å². The highest BCUT2D eigenvalue weighted by Crippen LogP contribution is 2.43. The summed E-state index contributed by atoms with van der Waals surface area (Å²) in [6.45, 7) is 0. The van der Waals surface area contributed by atoms with E-state index >= 15 is 0 Å². The molecule has 9 heteroatoms. The van der Waals surface area contributed by atoms with Crippen molar-refractivity contribution in [3.8, 4) is 0 Å². The van der Waals surface area contributed by atoms with Gasteiger partial charge in [-0.25, -0.2) is 4.98 Å². The first-order valence-corrected chi connectivity index (χ1v) is 9.30. The Hall–Kier alpha value is -2.42. The first-order chi connectivity index (χ1) is 12.7. The molecule has 1 heterocycles. The quantitative estimate of drug-likeness (QED) is 0.808. The largest absolute Gasteiger partial charge is 0.416 e. The number of nitrogens with one attached hydrogen (secondary N) is 1. The Morgan fingerprint density at radius 1 is 1.26 bits per heavy atom. The number of carbonyl (C=O) groups excluding carboxylic acids is 2. The lowest BCUT2D eigenvalue weighted by atomic mass is 9.77. The van der Waals surface area contributed by atoms with Crippen LogP contribution in [-0.2, 0) is 27.6 Å². The van der Waals surface area contributed by atoms with Gasteiger partial charge in [-0.2, -0.15) is 13.2 Å². The van der Waals surface area contributed by atoms with E-state index < -0.39 is 23.1 Å². The molecule has 0 unspecified atom stereocenters. The van der Waals surface area contributed by atoms with E-state index in [0.29, 0.717) is 29.2 Å². The summed E-state index contributed by atoms with van der Waals surface area (Å²) in [5.41, 5.74) is 4.15. The van der Waals surface area contributed by atoms with Crippen LogP contribution in [0, 0.1) is 0 Å². The van der Waals surface area contributed by atoms with E-state index in [4.69, 9.17) is 5.73 Å². The molecular weight excluding hydrogens is 379 g/mol. The van der Waals surface area contributed by atoms with Gasteiger partial charge in [-0.05, 0) is 24.5 Å². The van der Waals surface area contributed by atoms with Gasteiger partial charge in [-0.15, -0.1) is 11.3 Å². The summed E-state index contributed by atoms with van der Waals surface area (Å²) in [5, 5.41) is 4.63. The lowest BCUT2D eigenvalue weighted by Gasteiger charge is -2.28.